The average molecular weight is 332 g/mol. The first-order valence-electron chi connectivity index (χ1n) is 8.48. The van der Waals surface area contributed by atoms with Crippen molar-refractivity contribution in [2.45, 2.75) is 39.0 Å². The molecule has 1 aromatic heterocycles. The highest BCUT2D eigenvalue weighted by atomic mass is 16.2. The first-order chi connectivity index (χ1) is 11.3. The van der Waals surface area contributed by atoms with Gasteiger partial charge in [-0.15, -0.1) is 0 Å². The van der Waals surface area contributed by atoms with Crippen molar-refractivity contribution in [1.29, 1.82) is 0 Å². The minimum absolute atomic E-state index is 0.0491. The molecule has 2 saturated heterocycles. The smallest absolute Gasteiger partial charge is 0.263 e. The molecule has 2 fully saturated rings. The van der Waals surface area contributed by atoms with E-state index in [9.17, 15) is 14.4 Å². The molecule has 3 heterocycles. The Morgan fingerprint density at radius 1 is 1.29 bits per heavy atom. The number of hydrogen-bond donors (Lipinski definition) is 1. The second kappa shape index (κ2) is 6.03. The number of rotatable bonds is 2. The normalized spacial score (nSPS) is 24.2. The van der Waals surface area contributed by atoms with Gasteiger partial charge in [0.15, 0.2) is 0 Å². The summed E-state index contributed by atoms with van der Waals surface area (Å²) in [7, 11) is 1.81. The van der Waals surface area contributed by atoms with Crippen LogP contribution in [0, 0.1) is 5.41 Å². The molecule has 24 heavy (non-hydrogen) atoms. The Bertz CT molecular complexity index is 727. The lowest BCUT2D eigenvalue weighted by molar-refractivity contribution is -0.143. The van der Waals surface area contributed by atoms with Crippen LogP contribution in [-0.4, -0.2) is 58.3 Å². The number of hydrogen-bond acceptors (Lipinski definition) is 4. The molecule has 0 aromatic carbocycles. The number of aromatic amines is 1. The summed E-state index contributed by atoms with van der Waals surface area (Å²) in [4.78, 5) is 47.7. The van der Waals surface area contributed by atoms with Crippen molar-refractivity contribution in [3.63, 3.8) is 0 Å². The molecule has 3 rings (SSSR count). The van der Waals surface area contributed by atoms with Crippen molar-refractivity contribution in [2.24, 2.45) is 5.41 Å². The van der Waals surface area contributed by atoms with Crippen LogP contribution in [0.4, 0.5) is 0 Å². The molecular formula is C17H24N4O3. The number of carbonyl (C=O) groups excluding carboxylic acids is 2. The molecule has 130 valence electrons. The average Bonchev–Trinajstić information content (AvgIpc) is 2.97. The molecule has 2 amide bonds. The Labute approximate surface area is 141 Å². The number of aromatic nitrogens is 2. The summed E-state index contributed by atoms with van der Waals surface area (Å²) >= 11 is 0. The topological polar surface area (TPSA) is 86.4 Å². The third kappa shape index (κ3) is 2.72. The number of piperidine rings is 1. The molecule has 2 aliphatic rings. The van der Waals surface area contributed by atoms with E-state index in [1.54, 1.807) is 9.80 Å². The predicted octanol–water partition coefficient (Wildman–Crippen LogP) is 0.978. The van der Waals surface area contributed by atoms with Crippen LogP contribution in [0.2, 0.25) is 0 Å². The van der Waals surface area contributed by atoms with Crippen LogP contribution in [0.1, 0.15) is 55.2 Å². The molecule has 0 radical (unpaired) electrons. The standard InChI is InChI=1S/C17H24N4O3/c1-11(2)13-18-9-12(14(22)19-13)15(23)21-8-6-17(10-21)5-4-7-20(3)16(17)24/h9,11H,4-8,10H2,1-3H3,(H,18,19,22)/t17-/m0/s1. The van der Waals surface area contributed by atoms with Crippen LogP contribution in [0.15, 0.2) is 11.0 Å². The van der Waals surface area contributed by atoms with E-state index in [0.717, 1.165) is 19.4 Å². The zero-order valence-corrected chi connectivity index (χ0v) is 14.5. The van der Waals surface area contributed by atoms with E-state index < -0.39 is 11.0 Å². The van der Waals surface area contributed by atoms with E-state index in [4.69, 9.17) is 0 Å². The van der Waals surface area contributed by atoms with E-state index >= 15 is 0 Å². The monoisotopic (exact) mass is 332 g/mol. The van der Waals surface area contributed by atoms with Crippen LogP contribution in [-0.2, 0) is 4.79 Å². The quantitative estimate of drug-likeness (QED) is 0.874. The van der Waals surface area contributed by atoms with Gasteiger partial charge in [0.1, 0.15) is 11.4 Å². The van der Waals surface area contributed by atoms with Gasteiger partial charge in [0.25, 0.3) is 11.5 Å². The highest BCUT2D eigenvalue weighted by Gasteiger charge is 2.48. The minimum Gasteiger partial charge on any atom is -0.345 e. The summed E-state index contributed by atoms with van der Waals surface area (Å²) in [5, 5.41) is 0. The van der Waals surface area contributed by atoms with Gasteiger partial charge in [-0.25, -0.2) is 4.98 Å². The summed E-state index contributed by atoms with van der Waals surface area (Å²) in [6.45, 7) is 5.52. The first-order valence-corrected chi connectivity index (χ1v) is 8.48. The van der Waals surface area contributed by atoms with Crippen molar-refractivity contribution >= 4 is 11.8 Å². The second-order valence-electron chi connectivity index (χ2n) is 7.25. The van der Waals surface area contributed by atoms with Crippen LogP contribution < -0.4 is 5.56 Å². The zero-order chi connectivity index (χ0) is 17.5. The van der Waals surface area contributed by atoms with E-state index in [0.29, 0.717) is 25.3 Å². The van der Waals surface area contributed by atoms with Crippen molar-refractivity contribution in [3.8, 4) is 0 Å². The minimum atomic E-state index is -0.472. The fourth-order valence-corrected chi connectivity index (χ4v) is 3.72. The fourth-order valence-electron chi connectivity index (χ4n) is 3.72. The van der Waals surface area contributed by atoms with Gasteiger partial charge in [0.05, 0.1) is 5.41 Å². The number of nitrogens with zero attached hydrogens (tertiary/aromatic N) is 3. The van der Waals surface area contributed by atoms with Crippen LogP contribution in [0.5, 0.6) is 0 Å². The van der Waals surface area contributed by atoms with E-state index in [2.05, 4.69) is 9.97 Å². The fraction of sp³-hybridized carbons (Fsp3) is 0.647. The molecule has 0 unspecified atom stereocenters. The van der Waals surface area contributed by atoms with Gasteiger partial charge in [-0.1, -0.05) is 13.8 Å². The van der Waals surface area contributed by atoms with Gasteiger partial charge < -0.3 is 14.8 Å². The second-order valence-corrected chi connectivity index (χ2v) is 7.25. The summed E-state index contributed by atoms with van der Waals surface area (Å²) in [5.41, 5.74) is -0.833. The zero-order valence-electron chi connectivity index (χ0n) is 14.5. The maximum absolute atomic E-state index is 12.7. The van der Waals surface area contributed by atoms with E-state index in [1.165, 1.54) is 6.20 Å². The van der Waals surface area contributed by atoms with Gasteiger partial charge in [-0.2, -0.15) is 0 Å². The van der Waals surface area contributed by atoms with Gasteiger partial charge in [0, 0.05) is 38.8 Å². The maximum Gasteiger partial charge on any atom is 0.263 e. The number of likely N-dealkylation sites (tertiary alicyclic amines) is 2. The van der Waals surface area contributed by atoms with Crippen molar-refractivity contribution in [3.05, 3.63) is 27.9 Å². The SMILES string of the molecule is CC(C)c1ncc(C(=O)N2CC[C@@]3(CCCN(C)C3=O)C2)c(=O)[nH]1. The first kappa shape index (κ1) is 16.7. The van der Waals surface area contributed by atoms with E-state index in [-0.39, 0.29) is 23.3 Å². The summed E-state index contributed by atoms with van der Waals surface area (Å²) in [6, 6.07) is 0. The molecule has 1 N–H and O–H groups in total. The molecule has 1 aromatic rings. The molecule has 7 nitrogen and oxygen atoms in total. The number of carbonyl (C=O) groups is 2. The Kier molecular flexibility index (Phi) is 4.19. The predicted molar refractivity (Wildman–Crippen MR) is 88.8 cm³/mol. The Morgan fingerprint density at radius 2 is 2.04 bits per heavy atom. The Morgan fingerprint density at radius 3 is 2.71 bits per heavy atom. The molecule has 7 heteroatoms. The third-order valence-electron chi connectivity index (χ3n) is 5.19. The molecule has 0 saturated carbocycles. The molecular weight excluding hydrogens is 308 g/mol. The summed E-state index contributed by atoms with van der Waals surface area (Å²) in [5.74, 6) is 0.439. The summed E-state index contributed by atoms with van der Waals surface area (Å²) in [6.07, 6.45) is 3.78. The molecule has 1 spiro atoms. The highest BCUT2D eigenvalue weighted by Crippen LogP contribution is 2.39. The number of nitrogens with one attached hydrogen (secondary N) is 1. The Balaban J connectivity index is 1.80. The number of H-pyrrole nitrogens is 1. The Hall–Kier alpha value is -2.18. The lowest BCUT2D eigenvalue weighted by Gasteiger charge is -2.37. The van der Waals surface area contributed by atoms with Crippen LogP contribution in [0.3, 0.4) is 0 Å². The molecule has 0 bridgehead atoms. The maximum atomic E-state index is 12.7. The summed E-state index contributed by atoms with van der Waals surface area (Å²) < 4.78 is 0. The molecule has 1 atom stereocenters. The molecule has 0 aliphatic carbocycles. The van der Waals surface area contributed by atoms with Gasteiger partial charge in [-0.05, 0) is 19.3 Å². The number of amides is 2. The third-order valence-corrected chi connectivity index (χ3v) is 5.19. The van der Waals surface area contributed by atoms with Crippen molar-refractivity contribution in [2.75, 3.05) is 26.7 Å². The highest BCUT2D eigenvalue weighted by molar-refractivity contribution is 5.95. The molecule has 2 aliphatic heterocycles. The van der Waals surface area contributed by atoms with E-state index in [1.807, 2.05) is 20.9 Å². The largest absolute Gasteiger partial charge is 0.345 e. The van der Waals surface area contributed by atoms with Crippen molar-refractivity contribution < 1.29 is 9.59 Å². The van der Waals surface area contributed by atoms with Crippen LogP contribution >= 0.6 is 0 Å². The van der Waals surface area contributed by atoms with Crippen LogP contribution in [0.25, 0.3) is 0 Å². The lowest BCUT2D eigenvalue weighted by atomic mass is 9.78. The van der Waals surface area contributed by atoms with Crippen molar-refractivity contribution in [1.82, 2.24) is 19.8 Å². The van der Waals surface area contributed by atoms with Gasteiger partial charge in [-0.3, -0.25) is 14.4 Å². The lowest BCUT2D eigenvalue weighted by Crippen LogP contribution is -2.48. The van der Waals surface area contributed by atoms with Gasteiger partial charge in [0.2, 0.25) is 5.91 Å². The van der Waals surface area contributed by atoms with Gasteiger partial charge >= 0.3 is 0 Å².